The molecule has 0 aliphatic carbocycles. The third kappa shape index (κ3) is 5.21. The van der Waals surface area contributed by atoms with Crippen LogP contribution in [0, 0.1) is 0 Å². The van der Waals surface area contributed by atoms with E-state index in [1.807, 2.05) is 85.8 Å². The SMILES string of the molecule is CCOc1ccc(/C=C/c2ccc3cccc(OCc4ccc(Cl)cc4)c3n2)cc1OC. The molecule has 4 rings (SSSR count). The van der Waals surface area contributed by atoms with E-state index in [0.29, 0.717) is 24.0 Å². The Morgan fingerprint density at radius 1 is 0.844 bits per heavy atom. The van der Waals surface area contributed by atoms with E-state index >= 15 is 0 Å². The minimum absolute atomic E-state index is 0.448. The van der Waals surface area contributed by atoms with E-state index in [2.05, 4.69) is 6.07 Å². The molecule has 162 valence electrons. The van der Waals surface area contributed by atoms with Gasteiger partial charge in [0.1, 0.15) is 17.9 Å². The van der Waals surface area contributed by atoms with Gasteiger partial charge in [0.25, 0.3) is 0 Å². The molecule has 3 aromatic carbocycles. The highest BCUT2D eigenvalue weighted by Crippen LogP contribution is 2.29. The molecule has 0 atom stereocenters. The van der Waals surface area contributed by atoms with Crippen LogP contribution in [0.4, 0.5) is 0 Å². The molecular weight excluding hydrogens is 422 g/mol. The lowest BCUT2D eigenvalue weighted by molar-refractivity contribution is 0.309. The average Bonchev–Trinajstić information content (AvgIpc) is 2.83. The zero-order valence-electron chi connectivity index (χ0n) is 18.0. The molecule has 0 spiro atoms. The number of hydrogen-bond donors (Lipinski definition) is 0. The molecule has 0 aliphatic heterocycles. The standard InChI is InChI=1S/C27H24ClNO3/c1-3-31-24-16-10-19(17-26(24)30-2)9-14-23-15-11-21-5-4-6-25(27(21)29-23)32-18-20-7-12-22(28)13-8-20/h4-17H,3,18H2,1-2H3/b14-9+. The Labute approximate surface area is 193 Å². The molecule has 0 bridgehead atoms. The fraction of sp³-hybridized carbons (Fsp3) is 0.148. The lowest BCUT2D eigenvalue weighted by atomic mass is 10.1. The Morgan fingerprint density at radius 3 is 2.47 bits per heavy atom. The molecule has 4 nitrogen and oxygen atoms in total. The van der Waals surface area contributed by atoms with Gasteiger partial charge in [-0.25, -0.2) is 4.98 Å². The average molecular weight is 446 g/mol. The maximum absolute atomic E-state index is 6.07. The second kappa shape index (κ2) is 10.2. The third-order valence-corrected chi connectivity index (χ3v) is 5.20. The highest BCUT2D eigenvalue weighted by molar-refractivity contribution is 6.30. The van der Waals surface area contributed by atoms with Crippen LogP contribution in [-0.2, 0) is 6.61 Å². The van der Waals surface area contributed by atoms with E-state index in [1.165, 1.54) is 0 Å². The molecule has 32 heavy (non-hydrogen) atoms. The number of halogens is 1. The van der Waals surface area contributed by atoms with Crippen molar-refractivity contribution in [2.45, 2.75) is 13.5 Å². The summed E-state index contributed by atoms with van der Waals surface area (Å²) >= 11 is 5.97. The van der Waals surface area contributed by atoms with E-state index in [0.717, 1.165) is 39.2 Å². The summed E-state index contributed by atoms with van der Waals surface area (Å²) in [5.41, 5.74) is 3.71. The monoisotopic (exact) mass is 445 g/mol. The highest BCUT2D eigenvalue weighted by Gasteiger charge is 2.06. The minimum atomic E-state index is 0.448. The summed E-state index contributed by atoms with van der Waals surface area (Å²) in [4.78, 5) is 4.82. The number of nitrogens with zero attached hydrogens (tertiary/aromatic N) is 1. The molecule has 0 saturated carbocycles. The Bertz CT molecular complexity index is 1240. The molecule has 0 saturated heterocycles. The molecule has 1 aromatic heterocycles. The normalized spacial score (nSPS) is 11.1. The summed E-state index contributed by atoms with van der Waals surface area (Å²) < 4.78 is 17.1. The van der Waals surface area contributed by atoms with Crippen molar-refractivity contribution in [1.29, 1.82) is 0 Å². The molecule has 0 unspecified atom stereocenters. The quantitative estimate of drug-likeness (QED) is 0.291. The van der Waals surface area contributed by atoms with Crippen LogP contribution in [0.15, 0.2) is 72.8 Å². The maximum atomic E-state index is 6.07. The largest absolute Gasteiger partial charge is 0.493 e. The van der Waals surface area contributed by atoms with Crippen LogP contribution >= 0.6 is 11.6 Å². The summed E-state index contributed by atoms with van der Waals surface area (Å²) in [5, 5.41) is 1.74. The van der Waals surface area contributed by atoms with Crippen molar-refractivity contribution in [3.8, 4) is 17.2 Å². The first-order valence-electron chi connectivity index (χ1n) is 10.4. The van der Waals surface area contributed by atoms with E-state index < -0.39 is 0 Å². The van der Waals surface area contributed by atoms with E-state index in [1.54, 1.807) is 7.11 Å². The smallest absolute Gasteiger partial charge is 0.161 e. The van der Waals surface area contributed by atoms with Crippen LogP contribution in [0.3, 0.4) is 0 Å². The number of para-hydroxylation sites is 1. The second-order valence-electron chi connectivity index (χ2n) is 7.16. The van der Waals surface area contributed by atoms with Crippen molar-refractivity contribution in [3.05, 3.63) is 94.6 Å². The van der Waals surface area contributed by atoms with E-state index in [-0.39, 0.29) is 0 Å². The van der Waals surface area contributed by atoms with Crippen LogP contribution < -0.4 is 14.2 Å². The molecule has 4 aromatic rings. The number of benzene rings is 3. The van der Waals surface area contributed by atoms with Gasteiger partial charge in [-0.2, -0.15) is 0 Å². The molecule has 0 N–H and O–H groups in total. The lowest BCUT2D eigenvalue weighted by Crippen LogP contribution is -1.97. The first-order chi connectivity index (χ1) is 15.7. The molecule has 0 radical (unpaired) electrons. The van der Waals surface area contributed by atoms with Gasteiger partial charge in [-0.3, -0.25) is 0 Å². The van der Waals surface area contributed by atoms with Gasteiger partial charge in [0.15, 0.2) is 11.5 Å². The van der Waals surface area contributed by atoms with Crippen molar-refractivity contribution in [2.75, 3.05) is 13.7 Å². The van der Waals surface area contributed by atoms with Gasteiger partial charge in [-0.1, -0.05) is 54.1 Å². The Balaban J connectivity index is 1.56. The molecule has 0 fully saturated rings. The van der Waals surface area contributed by atoms with Crippen molar-refractivity contribution >= 4 is 34.7 Å². The molecule has 0 amide bonds. The second-order valence-corrected chi connectivity index (χ2v) is 7.59. The summed E-state index contributed by atoms with van der Waals surface area (Å²) in [6.07, 6.45) is 3.98. The lowest BCUT2D eigenvalue weighted by Gasteiger charge is -2.10. The predicted molar refractivity (Wildman–Crippen MR) is 131 cm³/mol. The fourth-order valence-corrected chi connectivity index (χ4v) is 3.46. The van der Waals surface area contributed by atoms with Gasteiger partial charge in [0, 0.05) is 10.4 Å². The number of fused-ring (bicyclic) bond motifs is 1. The van der Waals surface area contributed by atoms with Crippen LogP contribution in [0.5, 0.6) is 17.2 Å². The molecule has 0 aliphatic rings. The first kappa shape index (κ1) is 21.7. The van der Waals surface area contributed by atoms with Gasteiger partial charge in [-0.05, 0) is 60.5 Å². The first-order valence-corrected chi connectivity index (χ1v) is 10.8. The number of methoxy groups -OCH3 is 1. The summed E-state index contributed by atoms with van der Waals surface area (Å²) in [7, 11) is 1.64. The van der Waals surface area contributed by atoms with E-state index in [4.69, 9.17) is 30.8 Å². The van der Waals surface area contributed by atoms with Crippen molar-refractivity contribution in [2.24, 2.45) is 0 Å². The zero-order chi connectivity index (χ0) is 22.3. The molecule has 1 heterocycles. The van der Waals surface area contributed by atoms with Gasteiger partial charge in [0.05, 0.1) is 19.4 Å². The molecular formula is C27H24ClNO3. The number of rotatable bonds is 8. The number of hydrogen-bond acceptors (Lipinski definition) is 4. The van der Waals surface area contributed by atoms with Gasteiger partial charge >= 0.3 is 0 Å². The van der Waals surface area contributed by atoms with Crippen molar-refractivity contribution in [1.82, 2.24) is 4.98 Å². The van der Waals surface area contributed by atoms with Gasteiger partial charge in [0.2, 0.25) is 0 Å². The third-order valence-electron chi connectivity index (χ3n) is 4.95. The van der Waals surface area contributed by atoms with Crippen molar-refractivity contribution in [3.63, 3.8) is 0 Å². The fourth-order valence-electron chi connectivity index (χ4n) is 3.33. The minimum Gasteiger partial charge on any atom is -0.493 e. The number of aromatic nitrogens is 1. The molecule has 5 heteroatoms. The Morgan fingerprint density at radius 2 is 1.69 bits per heavy atom. The highest BCUT2D eigenvalue weighted by atomic mass is 35.5. The maximum Gasteiger partial charge on any atom is 0.161 e. The number of ether oxygens (including phenoxy) is 3. The zero-order valence-corrected chi connectivity index (χ0v) is 18.8. The van der Waals surface area contributed by atoms with E-state index in [9.17, 15) is 0 Å². The summed E-state index contributed by atoms with van der Waals surface area (Å²) in [6.45, 7) is 2.99. The van der Waals surface area contributed by atoms with Crippen LogP contribution in [0.1, 0.15) is 23.7 Å². The Hall–Kier alpha value is -3.50. The van der Waals surface area contributed by atoms with Crippen LogP contribution in [-0.4, -0.2) is 18.7 Å². The Kier molecular flexibility index (Phi) is 6.93. The predicted octanol–water partition coefficient (Wildman–Crippen LogP) is 7.04. The van der Waals surface area contributed by atoms with Crippen LogP contribution in [0.2, 0.25) is 5.02 Å². The number of pyridine rings is 1. The van der Waals surface area contributed by atoms with Gasteiger partial charge in [-0.15, -0.1) is 0 Å². The van der Waals surface area contributed by atoms with Crippen molar-refractivity contribution < 1.29 is 14.2 Å². The summed E-state index contributed by atoms with van der Waals surface area (Å²) in [5.74, 6) is 2.19. The summed E-state index contributed by atoms with van der Waals surface area (Å²) in [6, 6.07) is 23.5. The topological polar surface area (TPSA) is 40.6 Å². The van der Waals surface area contributed by atoms with Crippen LogP contribution in [0.25, 0.3) is 23.1 Å². The van der Waals surface area contributed by atoms with Gasteiger partial charge < -0.3 is 14.2 Å².